The monoisotopic (exact) mass is 659 g/mol. The summed E-state index contributed by atoms with van der Waals surface area (Å²) in [4.78, 5) is 11.0. The first kappa shape index (κ1) is 31.3. The van der Waals surface area contributed by atoms with Gasteiger partial charge in [-0.25, -0.2) is 0 Å². The molecule has 48 heavy (non-hydrogen) atoms. The molecule has 3 nitrogen and oxygen atoms in total. The van der Waals surface area contributed by atoms with Crippen LogP contribution in [0, 0.1) is 11.3 Å². The number of hydrogen-bond donors (Lipinski definition) is 1. The van der Waals surface area contributed by atoms with Crippen molar-refractivity contribution in [2.75, 3.05) is 0 Å². The first-order chi connectivity index (χ1) is 23.6. The molecule has 0 amide bonds. The fourth-order valence-corrected chi connectivity index (χ4v) is 6.77. The SMILES string of the molecule is N=C(C(=NC(c1ccccc1Cl)C1C(c2ccccc2Cl)=NC(c2ccccc2)=C1c1ccccc1)c1ccccc1)c1ccccc1. The molecule has 6 aromatic rings. The Morgan fingerprint density at radius 3 is 1.67 bits per heavy atom. The van der Waals surface area contributed by atoms with Crippen molar-refractivity contribution in [2.24, 2.45) is 15.9 Å². The predicted molar refractivity (Wildman–Crippen MR) is 202 cm³/mol. The summed E-state index contributed by atoms with van der Waals surface area (Å²) in [5, 5.41) is 10.7. The van der Waals surface area contributed by atoms with Crippen molar-refractivity contribution in [1.29, 1.82) is 5.41 Å². The quantitative estimate of drug-likeness (QED) is 0.150. The van der Waals surface area contributed by atoms with Gasteiger partial charge in [0.15, 0.2) is 0 Å². The van der Waals surface area contributed by atoms with Crippen molar-refractivity contribution in [3.63, 3.8) is 0 Å². The second-order valence-electron chi connectivity index (χ2n) is 11.5. The van der Waals surface area contributed by atoms with E-state index in [9.17, 15) is 5.41 Å². The van der Waals surface area contributed by atoms with E-state index in [4.69, 9.17) is 33.2 Å². The molecule has 232 valence electrons. The van der Waals surface area contributed by atoms with E-state index in [1.54, 1.807) is 0 Å². The van der Waals surface area contributed by atoms with E-state index >= 15 is 0 Å². The van der Waals surface area contributed by atoms with Gasteiger partial charge in [0.2, 0.25) is 0 Å². The lowest BCUT2D eigenvalue weighted by molar-refractivity contribution is 0.671. The molecule has 2 unspecified atom stereocenters. The summed E-state index contributed by atoms with van der Waals surface area (Å²) in [6.07, 6.45) is 0. The van der Waals surface area contributed by atoms with Crippen LogP contribution >= 0.6 is 23.2 Å². The standard InChI is InChI=1S/C43H31Cl2N3/c44-35-27-15-13-25-33(35)42-38(37(29-17-5-1-6-18-29)40(47-42)31-21-9-3-10-22-31)43(34-26-14-16-28-36(34)45)48-41(32-23-11-4-12-24-32)39(46)30-19-7-2-8-20-30/h1-28,38,43,46H. The highest BCUT2D eigenvalue weighted by Gasteiger charge is 2.40. The third-order valence-corrected chi connectivity index (χ3v) is 9.20. The summed E-state index contributed by atoms with van der Waals surface area (Å²) in [7, 11) is 0. The van der Waals surface area contributed by atoms with E-state index in [0.717, 1.165) is 50.4 Å². The first-order valence-electron chi connectivity index (χ1n) is 15.8. The highest BCUT2D eigenvalue weighted by molar-refractivity contribution is 6.52. The van der Waals surface area contributed by atoms with Crippen LogP contribution in [0.4, 0.5) is 0 Å². The lowest BCUT2D eigenvalue weighted by Gasteiger charge is -2.28. The second-order valence-corrected chi connectivity index (χ2v) is 12.3. The Balaban J connectivity index is 1.56. The molecule has 2 atom stereocenters. The Morgan fingerprint density at radius 2 is 1.06 bits per heavy atom. The van der Waals surface area contributed by atoms with Crippen LogP contribution in [0.25, 0.3) is 11.3 Å². The van der Waals surface area contributed by atoms with Crippen LogP contribution < -0.4 is 0 Å². The van der Waals surface area contributed by atoms with Gasteiger partial charge in [0.25, 0.3) is 0 Å². The maximum Gasteiger partial charge on any atom is 0.0910 e. The number of halogens is 2. The molecule has 1 N–H and O–H groups in total. The predicted octanol–water partition coefficient (Wildman–Crippen LogP) is 11.3. The topological polar surface area (TPSA) is 48.6 Å². The van der Waals surface area contributed by atoms with Crippen LogP contribution in [0.2, 0.25) is 10.0 Å². The summed E-state index contributed by atoms with van der Waals surface area (Å²) in [5.41, 5.74) is 8.84. The van der Waals surface area contributed by atoms with Gasteiger partial charge in [-0.15, -0.1) is 0 Å². The zero-order valence-corrected chi connectivity index (χ0v) is 27.5. The highest BCUT2D eigenvalue weighted by atomic mass is 35.5. The molecule has 6 aromatic carbocycles. The molecule has 0 spiro atoms. The maximum absolute atomic E-state index is 9.51. The number of aliphatic imine (C=N–C) groups is 2. The van der Waals surface area contributed by atoms with Crippen molar-refractivity contribution < 1.29 is 0 Å². The van der Waals surface area contributed by atoms with E-state index in [0.29, 0.717) is 21.5 Å². The Morgan fingerprint density at radius 1 is 0.562 bits per heavy atom. The van der Waals surface area contributed by atoms with Crippen LogP contribution in [0.15, 0.2) is 180 Å². The zero-order valence-electron chi connectivity index (χ0n) is 26.0. The van der Waals surface area contributed by atoms with Gasteiger partial charge in [0.1, 0.15) is 0 Å². The number of hydrogen-bond acceptors (Lipinski definition) is 3. The molecule has 0 aliphatic carbocycles. The highest BCUT2D eigenvalue weighted by Crippen LogP contribution is 2.49. The van der Waals surface area contributed by atoms with E-state index in [1.165, 1.54) is 0 Å². The van der Waals surface area contributed by atoms with Crippen LogP contribution in [0.1, 0.15) is 39.4 Å². The Labute approximate surface area is 291 Å². The minimum Gasteiger partial charge on any atom is -0.298 e. The van der Waals surface area contributed by atoms with Crippen LogP contribution in [0.5, 0.6) is 0 Å². The summed E-state index contributed by atoms with van der Waals surface area (Å²) in [5.74, 6) is -0.412. The normalized spacial score (nSPS) is 15.2. The third kappa shape index (κ3) is 6.31. The molecule has 0 radical (unpaired) electrons. The molecule has 1 aliphatic rings. The van der Waals surface area contributed by atoms with Crippen molar-refractivity contribution in [3.8, 4) is 0 Å². The average Bonchev–Trinajstić information content (AvgIpc) is 3.54. The van der Waals surface area contributed by atoms with Gasteiger partial charge in [-0.3, -0.25) is 15.4 Å². The van der Waals surface area contributed by atoms with E-state index in [2.05, 4.69) is 24.3 Å². The van der Waals surface area contributed by atoms with Gasteiger partial charge in [-0.1, -0.05) is 181 Å². The van der Waals surface area contributed by atoms with Crippen molar-refractivity contribution in [1.82, 2.24) is 0 Å². The van der Waals surface area contributed by atoms with Crippen molar-refractivity contribution in [2.45, 2.75) is 6.04 Å². The van der Waals surface area contributed by atoms with Gasteiger partial charge < -0.3 is 0 Å². The minimum atomic E-state index is -0.579. The molecule has 1 heterocycles. The molecular formula is C43H31Cl2N3. The van der Waals surface area contributed by atoms with E-state index in [1.807, 2.05) is 146 Å². The summed E-state index contributed by atoms with van der Waals surface area (Å²) in [6.45, 7) is 0. The fraction of sp³-hybridized carbons (Fsp3) is 0.0465. The van der Waals surface area contributed by atoms with Crippen molar-refractivity contribution in [3.05, 3.63) is 213 Å². The molecule has 7 rings (SSSR count). The second kappa shape index (κ2) is 14.2. The Hall–Kier alpha value is -5.35. The fourth-order valence-electron chi connectivity index (χ4n) is 6.29. The number of benzene rings is 6. The first-order valence-corrected chi connectivity index (χ1v) is 16.6. The summed E-state index contributed by atoms with van der Waals surface area (Å²) in [6, 6.07) is 55.3. The molecule has 0 bridgehead atoms. The lowest BCUT2D eigenvalue weighted by atomic mass is 9.78. The largest absolute Gasteiger partial charge is 0.298 e. The molecule has 5 heteroatoms. The number of nitrogens with zero attached hydrogens (tertiary/aromatic N) is 2. The molecular weight excluding hydrogens is 629 g/mol. The van der Waals surface area contributed by atoms with Gasteiger partial charge in [0, 0.05) is 32.3 Å². The summed E-state index contributed by atoms with van der Waals surface area (Å²) >= 11 is 14.1. The summed E-state index contributed by atoms with van der Waals surface area (Å²) < 4.78 is 0. The molecule has 0 fully saturated rings. The van der Waals surface area contributed by atoms with E-state index < -0.39 is 12.0 Å². The lowest BCUT2D eigenvalue weighted by Crippen LogP contribution is -2.25. The minimum absolute atomic E-state index is 0.321. The number of nitrogens with one attached hydrogen (secondary N) is 1. The molecule has 0 saturated heterocycles. The molecule has 1 aliphatic heterocycles. The smallest absolute Gasteiger partial charge is 0.0910 e. The number of rotatable bonds is 9. The van der Waals surface area contributed by atoms with Crippen LogP contribution in [-0.4, -0.2) is 17.1 Å². The van der Waals surface area contributed by atoms with Crippen LogP contribution in [0.3, 0.4) is 0 Å². The molecule has 0 saturated carbocycles. The van der Waals surface area contributed by atoms with Gasteiger partial charge in [-0.05, 0) is 28.8 Å². The average molecular weight is 661 g/mol. The van der Waals surface area contributed by atoms with Crippen molar-refractivity contribution >= 4 is 51.6 Å². The Kier molecular flexibility index (Phi) is 9.24. The third-order valence-electron chi connectivity index (χ3n) is 8.53. The van der Waals surface area contributed by atoms with Gasteiger partial charge in [-0.2, -0.15) is 0 Å². The van der Waals surface area contributed by atoms with Crippen LogP contribution in [-0.2, 0) is 0 Å². The molecule has 0 aromatic heterocycles. The van der Waals surface area contributed by atoms with E-state index in [-0.39, 0.29) is 0 Å². The zero-order chi connectivity index (χ0) is 32.9. The van der Waals surface area contributed by atoms with Gasteiger partial charge in [0.05, 0.1) is 34.8 Å². The maximum atomic E-state index is 9.51. The Bertz CT molecular complexity index is 2160. The van der Waals surface area contributed by atoms with Gasteiger partial charge >= 0.3 is 0 Å².